The van der Waals surface area contributed by atoms with E-state index in [1.165, 1.54) is 0 Å². The standard InChI is InChI=1S/C19H28N4O3/c1-4-6-10-23-16-15(8-7-9-20-16)26-19(3,18(23)25)17(24)22-13-11-21(5-2)12-14-22/h7-9H,4-6,10-14H2,1-3H3. The molecule has 3 heterocycles. The number of nitrogens with zero attached hydrogens (tertiary/aromatic N) is 4. The van der Waals surface area contributed by atoms with Crippen LogP contribution in [0.15, 0.2) is 18.3 Å². The Hall–Kier alpha value is -2.15. The summed E-state index contributed by atoms with van der Waals surface area (Å²) < 4.78 is 5.95. The van der Waals surface area contributed by atoms with Crippen LogP contribution in [0.4, 0.5) is 5.82 Å². The molecule has 1 aromatic heterocycles. The third-order valence-corrected chi connectivity index (χ3v) is 5.22. The summed E-state index contributed by atoms with van der Waals surface area (Å²) in [4.78, 5) is 36.4. The first-order valence-corrected chi connectivity index (χ1v) is 9.49. The average Bonchev–Trinajstić information content (AvgIpc) is 2.68. The van der Waals surface area contributed by atoms with Gasteiger partial charge in [0, 0.05) is 38.9 Å². The van der Waals surface area contributed by atoms with Gasteiger partial charge in [0.25, 0.3) is 17.4 Å². The molecule has 0 N–H and O–H groups in total. The molecule has 1 saturated heterocycles. The minimum absolute atomic E-state index is 0.255. The van der Waals surface area contributed by atoms with Crippen LogP contribution in [0, 0.1) is 0 Å². The van der Waals surface area contributed by atoms with Crippen LogP contribution in [0.1, 0.15) is 33.6 Å². The predicted molar refractivity (Wildman–Crippen MR) is 99.2 cm³/mol. The number of carbonyl (C=O) groups excluding carboxylic acids is 2. The van der Waals surface area contributed by atoms with Crippen LogP contribution >= 0.6 is 0 Å². The second kappa shape index (κ2) is 7.61. The topological polar surface area (TPSA) is 66.0 Å². The Labute approximate surface area is 154 Å². The summed E-state index contributed by atoms with van der Waals surface area (Å²) in [6, 6.07) is 3.53. The van der Waals surface area contributed by atoms with E-state index < -0.39 is 5.60 Å². The Kier molecular flexibility index (Phi) is 5.46. The van der Waals surface area contributed by atoms with Crippen LogP contribution in [-0.2, 0) is 9.59 Å². The monoisotopic (exact) mass is 360 g/mol. The highest BCUT2D eigenvalue weighted by Gasteiger charge is 2.52. The highest BCUT2D eigenvalue weighted by atomic mass is 16.5. The van der Waals surface area contributed by atoms with E-state index >= 15 is 0 Å². The van der Waals surface area contributed by atoms with E-state index in [9.17, 15) is 9.59 Å². The maximum absolute atomic E-state index is 13.2. The van der Waals surface area contributed by atoms with Gasteiger partial charge in [-0.25, -0.2) is 4.98 Å². The summed E-state index contributed by atoms with van der Waals surface area (Å²) in [6.07, 6.45) is 3.44. The molecule has 1 atom stereocenters. The number of hydrogen-bond acceptors (Lipinski definition) is 5. The second-order valence-electron chi connectivity index (χ2n) is 7.00. The van der Waals surface area contributed by atoms with Gasteiger partial charge in [0.15, 0.2) is 11.6 Å². The van der Waals surface area contributed by atoms with Crippen LogP contribution in [0.2, 0.25) is 0 Å². The fourth-order valence-electron chi connectivity index (χ4n) is 3.51. The number of likely N-dealkylation sites (N-methyl/N-ethyl adjacent to an activating group) is 1. The van der Waals surface area contributed by atoms with E-state index in [0.717, 1.165) is 32.5 Å². The molecular formula is C19H28N4O3. The quantitative estimate of drug-likeness (QED) is 0.745. The van der Waals surface area contributed by atoms with E-state index in [1.807, 2.05) is 0 Å². The first-order valence-electron chi connectivity index (χ1n) is 9.49. The van der Waals surface area contributed by atoms with Gasteiger partial charge in [0.1, 0.15) is 0 Å². The fraction of sp³-hybridized carbons (Fsp3) is 0.632. The molecule has 0 radical (unpaired) electrons. The van der Waals surface area contributed by atoms with Crippen LogP contribution in [-0.4, -0.2) is 71.5 Å². The van der Waals surface area contributed by atoms with Crippen LogP contribution < -0.4 is 9.64 Å². The first-order chi connectivity index (χ1) is 12.5. The Morgan fingerprint density at radius 1 is 1.27 bits per heavy atom. The average molecular weight is 360 g/mol. The fourth-order valence-corrected chi connectivity index (χ4v) is 3.51. The number of hydrogen-bond donors (Lipinski definition) is 0. The molecular weight excluding hydrogens is 332 g/mol. The van der Waals surface area contributed by atoms with E-state index in [4.69, 9.17) is 4.74 Å². The van der Waals surface area contributed by atoms with E-state index in [-0.39, 0.29) is 11.8 Å². The highest BCUT2D eigenvalue weighted by molar-refractivity contribution is 6.16. The molecule has 0 aliphatic carbocycles. The summed E-state index contributed by atoms with van der Waals surface area (Å²) in [6.45, 7) is 10.2. The molecule has 142 valence electrons. The van der Waals surface area contributed by atoms with Crippen molar-refractivity contribution in [1.29, 1.82) is 0 Å². The van der Waals surface area contributed by atoms with Crippen molar-refractivity contribution in [2.75, 3.05) is 44.2 Å². The first kappa shape index (κ1) is 18.6. The number of ether oxygens (including phenoxy) is 1. The molecule has 7 nitrogen and oxygen atoms in total. The maximum Gasteiger partial charge on any atom is 0.282 e. The normalized spacial score (nSPS) is 23.6. The Morgan fingerprint density at radius 2 is 2.00 bits per heavy atom. The molecule has 26 heavy (non-hydrogen) atoms. The largest absolute Gasteiger partial charge is 0.464 e. The molecule has 7 heteroatoms. The molecule has 1 fully saturated rings. The van der Waals surface area contributed by atoms with Crippen LogP contribution in [0.25, 0.3) is 0 Å². The SMILES string of the molecule is CCCCN1C(=O)C(C)(C(=O)N2CCN(CC)CC2)Oc2cccnc21. The number of rotatable bonds is 5. The molecule has 2 amide bonds. The smallest absolute Gasteiger partial charge is 0.282 e. The number of carbonyl (C=O) groups is 2. The van der Waals surface area contributed by atoms with Gasteiger partial charge in [-0.15, -0.1) is 0 Å². The number of piperazine rings is 1. The third-order valence-electron chi connectivity index (χ3n) is 5.22. The molecule has 1 aromatic rings. The van der Waals surface area contributed by atoms with Crippen molar-refractivity contribution in [3.8, 4) is 5.75 Å². The highest BCUT2D eigenvalue weighted by Crippen LogP contribution is 2.37. The van der Waals surface area contributed by atoms with Crippen LogP contribution in [0.3, 0.4) is 0 Å². The maximum atomic E-state index is 13.2. The van der Waals surface area contributed by atoms with Gasteiger partial charge in [-0.05, 0) is 32.0 Å². The predicted octanol–water partition coefficient (Wildman–Crippen LogP) is 1.53. The van der Waals surface area contributed by atoms with Gasteiger partial charge in [-0.2, -0.15) is 0 Å². The Morgan fingerprint density at radius 3 is 2.65 bits per heavy atom. The van der Waals surface area contributed by atoms with E-state index in [1.54, 1.807) is 35.1 Å². The molecule has 3 rings (SSSR count). The number of fused-ring (bicyclic) bond motifs is 1. The summed E-state index contributed by atoms with van der Waals surface area (Å²) in [5.41, 5.74) is -1.53. The van der Waals surface area contributed by atoms with Crippen molar-refractivity contribution in [1.82, 2.24) is 14.8 Å². The summed E-state index contributed by atoms with van der Waals surface area (Å²) in [7, 11) is 0. The van der Waals surface area contributed by atoms with Crippen molar-refractivity contribution in [2.45, 2.75) is 39.2 Å². The summed E-state index contributed by atoms with van der Waals surface area (Å²) in [5, 5.41) is 0. The van der Waals surface area contributed by atoms with Gasteiger partial charge in [-0.1, -0.05) is 20.3 Å². The summed E-state index contributed by atoms with van der Waals surface area (Å²) >= 11 is 0. The van der Waals surface area contributed by atoms with E-state index in [2.05, 4.69) is 23.7 Å². The van der Waals surface area contributed by atoms with Crippen molar-refractivity contribution >= 4 is 17.6 Å². The molecule has 0 spiro atoms. The minimum atomic E-state index is -1.53. The number of amides is 2. The molecule has 1 unspecified atom stereocenters. The van der Waals surface area contributed by atoms with Crippen molar-refractivity contribution in [3.05, 3.63) is 18.3 Å². The zero-order valence-electron chi connectivity index (χ0n) is 15.9. The van der Waals surface area contributed by atoms with Gasteiger partial charge in [-0.3, -0.25) is 14.5 Å². The molecule has 2 aliphatic rings. The van der Waals surface area contributed by atoms with Crippen LogP contribution in [0.5, 0.6) is 5.75 Å². The lowest BCUT2D eigenvalue weighted by molar-refractivity contribution is -0.157. The molecule has 2 aliphatic heterocycles. The number of pyridine rings is 1. The zero-order chi connectivity index (χ0) is 18.7. The molecule has 0 saturated carbocycles. The lowest BCUT2D eigenvalue weighted by Crippen LogP contribution is -2.65. The zero-order valence-corrected chi connectivity index (χ0v) is 15.9. The number of aromatic nitrogens is 1. The van der Waals surface area contributed by atoms with Gasteiger partial charge >= 0.3 is 0 Å². The number of unbranched alkanes of at least 4 members (excludes halogenated alkanes) is 1. The van der Waals surface area contributed by atoms with Crippen molar-refractivity contribution < 1.29 is 14.3 Å². The van der Waals surface area contributed by atoms with Gasteiger partial charge in [0.05, 0.1) is 0 Å². The van der Waals surface area contributed by atoms with Gasteiger partial charge in [0.2, 0.25) is 0 Å². The second-order valence-corrected chi connectivity index (χ2v) is 7.00. The lowest BCUT2D eigenvalue weighted by atomic mass is 9.99. The number of anilines is 1. The van der Waals surface area contributed by atoms with Crippen molar-refractivity contribution in [3.63, 3.8) is 0 Å². The Balaban J connectivity index is 1.86. The van der Waals surface area contributed by atoms with E-state index in [0.29, 0.717) is 31.2 Å². The lowest BCUT2D eigenvalue weighted by Gasteiger charge is -2.42. The minimum Gasteiger partial charge on any atom is -0.464 e. The van der Waals surface area contributed by atoms with Crippen molar-refractivity contribution in [2.24, 2.45) is 0 Å². The third kappa shape index (κ3) is 3.28. The Bertz CT molecular complexity index is 673. The molecule has 0 aromatic carbocycles. The molecule has 0 bridgehead atoms. The van der Waals surface area contributed by atoms with Gasteiger partial charge < -0.3 is 14.5 Å². The summed E-state index contributed by atoms with van der Waals surface area (Å²) in [5.74, 6) is 0.424.